The molecule has 7 heteroatoms. The molecule has 2 N–H and O–H groups in total. The molecule has 5 rings (SSSR count). The SMILES string of the molecule is C[C@H]1CCN1c1nc2c(c(-c3ccc4[nH]nc(CC(=O)O)c4c3)n1)CCC2. The quantitative estimate of drug-likeness (QED) is 0.740. The van der Waals surface area contributed by atoms with Crippen LogP contribution in [0.5, 0.6) is 0 Å². The lowest BCUT2D eigenvalue weighted by Gasteiger charge is -2.39. The van der Waals surface area contributed by atoms with Gasteiger partial charge in [0.15, 0.2) is 0 Å². The first kappa shape index (κ1) is 16.2. The molecule has 1 fully saturated rings. The van der Waals surface area contributed by atoms with E-state index in [0.717, 1.165) is 59.6 Å². The van der Waals surface area contributed by atoms with Crippen LogP contribution in [0.2, 0.25) is 0 Å². The van der Waals surface area contributed by atoms with Crippen LogP contribution in [0.15, 0.2) is 18.2 Å². The number of aliphatic carboxylic acids is 1. The largest absolute Gasteiger partial charge is 0.481 e. The van der Waals surface area contributed by atoms with Gasteiger partial charge in [0.05, 0.1) is 23.3 Å². The minimum absolute atomic E-state index is 0.0954. The molecule has 0 radical (unpaired) electrons. The van der Waals surface area contributed by atoms with Crippen molar-refractivity contribution in [2.75, 3.05) is 11.4 Å². The fraction of sp³-hybridized carbons (Fsp3) is 0.400. The highest BCUT2D eigenvalue weighted by atomic mass is 16.4. The van der Waals surface area contributed by atoms with Gasteiger partial charge in [-0.2, -0.15) is 5.10 Å². The average Bonchev–Trinajstić information content (AvgIpc) is 3.26. The molecule has 0 unspecified atom stereocenters. The van der Waals surface area contributed by atoms with E-state index in [2.05, 4.69) is 22.0 Å². The normalized spacial score (nSPS) is 18.6. The van der Waals surface area contributed by atoms with Gasteiger partial charge in [-0.25, -0.2) is 9.97 Å². The maximum Gasteiger partial charge on any atom is 0.309 e. The molecule has 1 aliphatic carbocycles. The number of carbonyl (C=O) groups is 1. The number of aromatic amines is 1. The van der Waals surface area contributed by atoms with Crippen molar-refractivity contribution in [3.8, 4) is 11.3 Å². The summed E-state index contributed by atoms with van der Waals surface area (Å²) in [5, 5.41) is 17.1. The van der Waals surface area contributed by atoms with Crippen LogP contribution in [0.25, 0.3) is 22.2 Å². The zero-order valence-electron chi connectivity index (χ0n) is 15.2. The third-order valence-electron chi connectivity index (χ3n) is 5.73. The molecular formula is C20H21N5O2. The highest BCUT2D eigenvalue weighted by Crippen LogP contribution is 2.35. The third-order valence-corrected chi connectivity index (χ3v) is 5.73. The van der Waals surface area contributed by atoms with E-state index in [0.29, 0.717) is 11.7 Å². The van der Waals surface area contributed by atoms with Gasteiger partial charge in [-0.3, -0.25) is 9.89 Å². The summed E-state index contributed by atoms with van der Waals surface area (Å²) in [6, 6.07) is 6.49. The van der Waals surface area contributed by atoms with Crippen molar-refractivity contribution >= 4 is 22.8 Å². The standard InChI is InChI=1S/C20H21N5O2/c1-11-7-8-25(11)20-21-15-4-2-3-13(15)19(22-20)12-5-6-16-14(9-12)17(24-23-16)10-18(26)27/h5-6,9,11H,2-4,7-8,10H2,1H3,(H,23,24)(H,26,27)/t11-/m0/s1. The number of nitrogens with one attached hydrogen (secondary N) is 1. The maximum absolute atomic E-state index is 11.1. The Labute approximate surface area is 156 Å². The van der Waals surface area contributed by atoms with Crippen LogP contribution < -0.4 is 4.90 Å². The van der Waals surface area contributed by atoms with Gasteiger partial charge in [0.2, 0.25) is 5.95 Å². The molecule has 0 saturated carbocycles. The number of rotatable bonds is 4. The molecule has 7 nitrogen and oxygen atoms in total. The highest BCUT2D eigenvalue weighted by molar-refractivity contribution is 5.89. The Morgan fingerprint density at radius 3 is 2.96 bits per heavy atom. The molecule has 1 saturated heterocycles. The van der Waals surface area contributed by atoms with Gasteiger partial charge in [-0.05, 0) is 44.7 Å². The number of hydrogen-bond acceptors (Lipinski definition) is 5. The lowest BCUT2D eigenvalue weighted by atomic mass is 10.0. The maximum atomic E-state index is 11.1. The summed E-state index contributed by atoms with van der Waals surface area (Å²) in [4.78, 5) is 23.2. The van der Waals surface area contributed by atoms with Crippen LogP contribution in [0.3, 0.4) is 0 Å². The third kappa shape index (κ3) is 2.65. The zero-order valence-corrected chi connectivity index (χ0v) is 15.2. The molecule has 138 valence electrons. The van der Waals surface area contributed by atoms with E-state index in [9.17, 15) is 4.79 Å². The van der Waals surface area contributed by atoms with Crippen molar-refractivity contribution < 1.29 is 9.90 Å². The topological polar surface area (TPSA) is 95.0 Å². The Morgan fingerprint density at radius 2 is 2.22 bits per heavy atom. The van der Waals surface area contributed by atoms with Gasteiger partial charge in [-0.1, -0.05) is 6.07 Å². The predicted molar refractivity (Wildman–Crippen MR) is 102 cm³/mol. The summed E-state index contributed by atoms with van der Waals surface area (Å²) < 4.78 is 0. The number of H-pyrrole nitrogens is 1. The first-order valence-corrected chi connectivity index (χ1v) is 9.46. The number of benzene rings is 1. The lowest BCUT2D eigenvalue weighted by Crippen LogP contribution is -2.46. The molecule has 0 spiro atoms. The van der Waals surface area contributed by atoms with E-state index in [1.807, 2.05) is 18.2 Å². The number of carboxylic acid groups (broad SMARTS) is 1. The van der Waals surface area contributed by atoms with Crippen LogP contribution in [-0.4, -0.2) is 43.8 Å². The van der Waals surface area contributed by atoms with E-state index in [4.69, 9.17) is 15.1 Å². The minimum atomic E-state index is -0.884. The van der Waals surface area contributed by atoms with Gasteiger partial charge < -0.3 is 10.0 Å². The molecule has 1 aromatic carbocycles. The van der Waals surface area contributed by atoms with Crippen LogP contribution in [-0.2, 0) is 24.1 Å². The van der Waals surface area contributed by atoms with Gasteiger partial charge in [0.25, 0.3) is 0 Å². The monoisotopic (exact) mass is 363 g/mol. The van der Waals surface area contributed by atoms with Crippen molar-refractivity contribution in [1.29, 1.82) is 0 Å². The Balaban J connectivity index is 1.64. The van der Waals surface area contributed by atoms with Gasteiger partial charge >= 0.3 is 5.97 Å². The summed E-state index contributed by atoms with van der Waals surface area (Å²) in [5.41, 5.74) is 5.78. The second kappa shape index (κ2) is 6.04. The second-order valence-corrected chi connectivity index (χ2v) is 7.48. The Bertz CT molecular complexity index is 1060. The molecule has 0 amide bonds. The van der Waals surface area contributed by atoms with Gasteiger partial charge in [0, 0.05) is 34.8 Å². The Morgan fingerprint density at radius 1 is 1.33 bits per heavy atom. The molecule has 3 heterocycles. The molecule has 1 atom stereocenters. The predicted octanol–water partition coefficient (Wildman–Crippen LogP) is 2.73. The molecule has 2 aliphatic rings. The highest BCUT2D eigenvalue weighted by Gasteiger charge is 2.29. The summed E-state index contributed by atoms with van der Waals surface area (Å²) in [6.45, 7) is 3.21. The molecule has 1 aliphatic heterocycles. The van der Waals surface area contributed by atoms with Crippen LogP contribution in [0.4, 0.5) is 5.95 Å². The smallest absolute Gasteiger partial charge is 0.309 e. The fourth-order valence-electron chi connectivity index (χ4n) is 4.09. The number of fused-ring (bicyclic) bond motifs is 2. The number of carboxylic acids is 1. The number of aromatic nitrogens is 4. The summed E-state index contributed by atoms with van der Waals surface area (Å²) >= 11 is 0. The van der Waals surface area contributed by atoms with Crippen LogP contribution >= 0.6 is 0 Å². The van der Waals surface area contributed by atoms with E-state index < -0.39 is 5.97 Å². The van der Waals surface area contributed by atoms with E-state index >= 15 is 0 Å². The number of anilines is 1. The van der Waals surface area contributed by atoms with Crippen LogP contribution in [0.1, 0.15) is 36.7 Å². The second-order valence-electron chi connectivity index (χ2n) is 7.48. The Kier molecular flexibility index (Phi) is 3.63. The number of hydrogen-bond donors (Lipinski definition) is 2. The molecule has 2 aromatic heterocycles. The number of aryl methyl sites for hydroxylation is 1. The van der Waals surface area contributed by atoms with E-state index in [1.54, 1.807) is 0 Å². The van der Waals surface area contributed by atoms with Crippen LogP contribution in [0, 0.1) is 0 Å². The molecule has 0 bridgehead atoms. The zero-order chi connectivity index (χ0) is 18.5. The minimum Gasteiger partial charge on any atom is -0.481 e. The lowest BCUT2D eigenvalue weighted by molar-refractivity contribution is -0.136. The molecule has 27 heavy (non-hydrogen) atoms. The van der Waals surface area contributed by atoms with Gasteiger partial charge in [0.1, 0.15) is 0 Å². The van der Waals surface area contributed by atoms with E-state index in [1.165, 1.54) is 12.0 Å². The first-order chi connectivity index (χ1) is 13.1. The molecular weight excluding hydrogens is 342 g/mol. The number of nitrogens with zero attached hydrogens (tertiary/aromatic N) is 4. The average molecular weight is 363 g/mol. The fourth-order valence-corrected chi connectivity index (χ4v) is 4.09. The van der Waals surface area contributed by atoms with Crippen molar-refractivity contribution in [2.45, 2.75) is 45.1 Å². The van der Waals surface area contributed by atoms with Gasteiger partial charge in [-0.15, -0.1) is 0 Å². The summed E-state index contributed by atoms with van der Waals surface area (Å²) in [6.07, 6.45) is 4.18. The Hall–Kier alpha value is -2.96. The van der Waals surface area contributed by atoms with Crippen molar-refractivity contribution in [1.82, 2.24) is 20.2 Å². The van der Waals surface area contributed by atoms with Crippen molar-refractivity contribution in [2.24, 2.45) is 0 Å². The van der Waals surface area contributed by atoms with E-state index in [-0.39, 0.29) is 6.42 Å². The summed E-state index contributed by atoms with van der Waals surface area (Å²) in [7, 11) is 0. The summed E-state index contributed by atoms with van der Waals surface area (Å²) in [5.74, 6) is -0.0618. The molecule has 3 aromatic rings. The van der Waals surface area contributed by atoms with Crippen molar-refractivity contribution in [3.05, 3.63) is 35.2 Å². The van der Waals surface area contributed by atoms with Crippen molar-refractivity contribution in [3.63, 3.8) is 0 Å². The first-order valence-electron chi connectivity index (χ1n) is 9.46.